The van der Waals surface area contributed by atoms with Gasteiger partial charge in [-0.05, 0) is 73.2 Å². The minimum Gasteiger partial charge on any atom is -0.493 e. The number of rotatable bonds is 11. The highest BCUT2D eigenvalue weighted by molar-refractivity contribution is 5.94. The van der Waals surface area contributed by atoms with Gasteiger partial charge in [-0.3, -0.25) is 10.1 Å². The zero-order valence-electron chi connectivity index (χ0n) is 25.1. The summed E-state index contributed by atoms with van der Waals surface area (Å²) in [4.78, 5) is 31.2. The Morgan fingerprint density at radius 1 is 0.907 bits per heavy atom. The summed E-state index contributed by atoms with van der Waals surface area (Å²) < 4.78 is 16.1. The van der Waals surface area contributed by atoms with Gasteiger partial charge >= 0.3 is 6.03 Å². The predicted molar refractivity (Wildman–Crippen MR) is 168 cm³/mol. The van der Waals surface area contributed by atoms with E-state index in [1.54, 1.807) is 12.1 Å². The number of methoxy groups -OCH3 is 3. The van der Waals surface area contributed by atoms with Crippen molar-refractivity contribution < 1.29 is 23.8 Å². The van der Waals surface area contributed by atoms with Crippen molar-refractivity contribution in [3.05, 3.63) is 77.9 Å². The number of benzene rings is 3. The second kappa shape index (κ2) is 14.1. The fourth-order valence-corrected chi connectivity index (χ4v) is 5.90. The van der Waals surface area contributed by atoms with Crippen LogP contribution in [-0.2, 0) is 17.8 Å². The number of hydrogen-bond acceptors (Lipinski definition) is 6. The topological polar surface area (TPSA) is 105 Å². The number of amides is 3. The number of nitrogens with one attached hydrogen (secondary N) is 3. The molecule has 1 aliphatic rings. The standard InChI is InChI=1S/C34H40N4O5/c1-41-29-19-24(20-30(42-2)33(29)43-3)22-35-34(40)37-31(39)21-23-13-16-38(17-14-23)18-15-27-26-11-7-8-12-28(26)36-32(27)25-9-5-4-6-10-25/h4-12,19-20,23,36H,13-18,21-22H2,1-3H3,(H2,35,37,39,40). The van der Waals surface area contributed by atoms with Gasteiger partial charge in [-0.2, -0.15) is 0 Å². The smallest absolute Gasteiger partial charge is 0.321 e. The van der Waals surface area contributed by atoms with Gasteiger partial charge in [-0.25, -0.2) is 4.79 Å². The molecule has 5 rings (SSSR count). The van der Waals surface area contributed by atoms with Crippen molar-refractivity contribution in [1.29, 1.82) is 0 Å². The van der Waals surface area contributed by atoms with Gasteiger partial charge in [-0.1, -0.05) is 48.5 Å². The van der Waals surface area contributed by atoms with Crippen LogP contribution in [0.4, 0.5) is 4.79 Å². The molecule has 43 heavy (non-hydrogen) atoms. The average Bonchev–Trinajstić information content (AvgIpc) is 3.41. The molecule has 9 heteroatoms. The Hall–Kier alpha value is -4.50. The molecule has 1 fully saturated rings. The molecule has 0 saturated carbocycles. The number of likely N-dealkylation sites (tertiary alicyclic amines) is 1. The quantitative estimate of drug-likeness (QED) is 0.214. The van der Waals surface area contributed by atoms with Gasteiger partial charge in [0, 0.05) is 36.1 Å². The minimum absolute atomic E-state index is 0.205. The van der Waals surface area contributed by atoms with Gasteiger partial charge in [0.2, 0.25) is 11.7 Å². The molecule has 1 aromatic heterocycles. The second-order valence-electron chi connectivity index (χ2n) is 10.9. The highest BCUT2D eigenvalue weighted by Crippen LogP contribution is 2.38. The molecule has 0 atom stereocenters. The number of aromatic amines is 1. The van der Waals surface area contributed by atoms with E-state index in [0.29, 0.717) is 23.7 Å². The minimum atomic E-state index is -0.524. The predicted octanol–water partition coefficient (Wildman–Crippen LogP) is 5.53. The number of aromatic nitrogens is 1. The number of fused-ring (bicyclic) bond motifs is 1. The van der Waals surface area contributed by atoms with E-state index in [9.17, 15) is 9.59 Å². The van der Waals surface area contributed by atoms with Crippen molar-refractivity contribution in [1.82, 2.24) is 20.5 Å². The van der Waals surface area contributed by atoms with Gasteiger partial charge in [0.25, 0.3) is 0 Å². The SMILES string of the molecule is COc1cc(CNC(=O)NC(=O)CC2CCN(CCc3c(-c4ccccc4)[nH]c4ccccc34)CC2)cc(OC)c1OC. The van der Waals surface area contributed by atoms with Crippen LogP contribution in [0.5, 0.6) is 17.2 Å². The molecular formula is C34H40N4O5. The Labute approximate surface area is 252 Å². The molecule has 0 aliphatic carbocycles. The first kappa shape index (κ1) is 30.0. The number of ether oxygens (including phenoxy) is 3. The lowest BCUT2D eigenvalue weighted by Crippen LogP contribution is -2.41. The second-order valence-corrected chi connectivity index (χ2v) is 10.9. The summed E-state index contributed by atoms with van der Waals surface area (Å²) in [6, 6.07) is 22.0. The summed E-state index contributed by atoms with van der Waals surface area (Å²) in [5.41, 5.74) is 5.66. The lowest BCUT2D eigenvalue weighted by atomic mass is 9.93. The zero-order chi connectivity index (χ0) is 30.2. The number of urea groups is 1. The highest BCUT2D eigenvalue weighted by atomic mass is 16.5. The van der Waals surface area contributed by atoms with Crippen LogP contribution in [0.15, 0.2) is 66.7 Å². The molecule has 0 unspecified atom stereocenters. The third-order valence-corrected chi connectivity index (χ3v) is 8.17. The van der Waals surface area contributed by atoms with Crippen LogP contribution < -0.4 is 24.8 Å². The van der Waals surface area contributed by atoms with Crippen molar-refractivity contribution >= 4 is 22.8 Å². The molecule has 0 bridgehead atoms. The molecule has 2 heterocycles. The van der Waals surface area contributed by atoms with Crippen LogP contribution in [0.1, 0.15) is 30.4 Å². The number of para-hydroxylation sites is 1. The van der Waals surface area contributed by atoms with Gasteiger partial charge in [0.05, 0.1) is 21.3 Å². The van der Waals surface area contributed by atoms with Crippen LogP contribution >= 0.6 is 0 Å². The summed E-state index contributed by atoms with van der Waals surface area (Å²) in [7, 11) is 4.61. The van der Waals surface area contributed by atoms with Gasteiger partial charge < -0.3 is 29.4 Å². The average molecular weight is 585 g/mol. The number of nitrogens with zero attached hydrogens (tertiary/aromatic N) is 1. The first-order chi connectivity index (χ1) is 21.0. The summed E-state index contributed by atoms with van der Waals surface area (Å²) in [6.07, 6.45) is 3.15. The lowest BCUT2D eigenvalue weighted by Gasteiger charge is -2.31. The number of H-pyrrole nitrogens is 1. The Balaban J connectivity index is 1.08. The molecule has 0 spiro atoms. The van der Waals surface area contributed by atoms with Gasteiger partial charge in [-0.15, -0.1) is 0 Å². The summed E-state index contributed by atoms with van der Waals surface area (Å²) in [5, 5.41) is 6.49. The molecule has 9 nitrogen and oxygen atoms in total. The molecule has 3 amide bonds. The highest BCUT2D eigenvalue weighted by Gasteiger charge is 2.23. The van der Waals surface area contributed by atoms with Gasteiger partial charge in [0.1, 0.15) is 0 Å². The summed E-state index contributed by atoms with van der Waals surface area (Å²) in [6.45, 7) is 3.04. The number of carbonyl (C=O) groups is 2. The fraction of sp³-hybridized carbons (Fsp3) is 0.353. The molecule has 4 aromatic rings. The monoisotopic (exact) mass is 584 g/mol. The number of piperidine rings is 1. The Morgan fingerprint density at radius 3 is 2.26 bits per heavy atom. The van der Waals surface area contributed by atoms with Crippen LogP contribution in [0.3, 0.4) is 0 Å². The number of imide groups is 1. The summed E-state index contributed by atoms with van der Waals surface area (Å²) in [5.74, 6) is 1.48. The van der Waals surface area contributed by atoms with Crippen LogP contribution in [0.25, 0.3) is 22.2 Å². The molecule has 3 aromatic carbocycles. The maximum atomic E-state index is 12.6. The largest absolute Gasteiger partial charge is 0.493 e. The third kappa shape index (κ3) is 7.29. The maximum absolute atomic E-state index is 12.6. The van der Waals surface area contributed by atoms with Gasteiger partial charge in [0.15, 0.2) is 11.5 Å². The van der Waals surface area contributed by atoms with Crippen LogP contribution in [0, 0.1) is 5.92 Å². The van der Waals surface area contributed by atoms with E-state index in [1.807, 2.05) is 6.07 Å². The third-order valence-electron chi connectivity index (χ3n) is 8.17. The van der Waals surface area contributed by atoms with E-state index in [1.165, 1.54) is 43.5 Å². The number of hydrogen-bond donors (Lipinski definition) is 3. The molecule has 226 valence electrons. The Morgan fingerprint density at radius 2 is 1.58 bits per heavy atom. The summed E-state index contributed by atoms with van der Waals surface area (Å²) >= 11 is 0. The Bertz CT molecular complexity index is 1520. The van der Waals surface area contributed by atoms with Crippen LogP contribution in [0.2, 0.25) is 0 Å². The van der Waals surface area contributed by atoms with E-state index in [4.69, 9.17) is 14.2 Å². The van der Waals surface area contributed by atoms with Crippen molar-refractivity contribution in [3.63, 3.8) is 0 Å². The molecule has 1 aliphatic heterocycles. The maximum Gasteiger partial charge on any atom is 0.321 e. The molecule has 1 saturated heterocycles. The number of carbonyl (C=O) groups excluding carboxylic acids is 2. The van der Waals surface area contributed by atoms with Crippen LogP contribution in [-0.4, -0.2) is 62.8 Å². The fourth-order valence-electron chi connectivity index (χ4n) is 5.90. The molecule has 0 radical (unpaired) electrons. The molecule has 3 N–H and O–H groups in total. The zero-order valence-corrected chi connectivity index (χ0v) is 25.1. The normalized spacial score (nSPS) is 13.9. The van der Waals surface area contributed by atoms with Crippen molar-refractivity contribution in [2.75, 3.05) is 41.0 Å². The van der Waals surface area contributed by atoms with Crippen molar-refractivity contribution in [3.8, 4) is 28.5 Å². The van der Waals surface area contributed by atoms with E-state index >= 15 is 0 Å². The van der Waals surface area contributed by atoms with E-state index < -0.39 is 6.03 Å². The first-order valence-corrected chi connectivity index (χ1v) is 14.7. The lowest BCUT2D eigenvalue weighted by molar-refractivity contribution is -0.121. The van der Waals surface area contributed by atoms with Crippen molar-refractivity contribution in [2.24, 2.45) is 5.92 Å². The first-order valence-electron chi connectivity index (χ1n) is 14.7. The van der Waals surface area contributed by atoms with E-state index in [0.717, 1.165) is 50.0 Å². The molecular weight excluding hydrogens is 544 g/mol. The van der Waals surface area contributed by atoms with Crippen molar-refractivity contribution in [2.45, 2.75) is 32.2 Å². The van der Waals surface area contributed by atoms with E-state index in [-0.39, 0.29) is 18.4 Å². The van der Waals surface area contributed by atoms with E-state index in [2.05, 4.69) is 69.0 Å². The Kier molecular flexibility index (Phi) is 9.84.